The molecule has 0 bridgehead atoms. The lowest BCUT2D eigenvalue weighted by Gasteiger charge is -2.11. The highest BCUT2D eigenvalue weighted by Gasteiger charge is 2.08. The number of rotatable bonds is 9. The van der Waals surface area contributed by atoms with Crippen LogP contribution in [-0.4, -0.2) is 29.7 Å². The van der Waals surface area contributed by atoms with Gasteiger partial charge in [0.1, 0.15) is 6.61 Å². The molecular weight excluding hydrogens is 238 g/mol. The van der Waals surface area contributed by atoms with E-state index in [1.807, 2.05) is 6.92 Å². The third-order valence-electron chi connectivity index (χ3n) is 3.11. The Bertz CT molecular complexity index is 357. The van der Waals surface area contributed by atoms with E-state index in [0.717, 1.165) is 43.1 Å². The monoisotopic (exact) mass is 265 g/mol. The third-order valence-corrected chi connectivity index (χ3v) is 3.11. The number of aryl methyl sites for hydroxylation is 2. The first-order valence-corrected chi connectivity index (χ1v) is 7.30. The summed E-state index contributed by atoms with van der Waals surface area (Å²) < 4.78 is 5.36. The maximum absolute atomic E-state index is 5.36. The molecule has 0 aliphatic carbocycles. The number of aromatic nitrogens is 2. The molecule has 0 fully saturated rings. The lowest BCUT2D eigenvalue weighted by molar-refractivity contribution is 0.128. The minimum Gasteiger partial charge on any atom is -0.374 e. The Morgan fingerprint density at radius 3 is 2.32 bits per heavy atom. The fourth-order valence-corrected chi connectivity index (χ4v) is 2.12. The van der Waals surface area contributed by atoms with Crippen molar-refractivity contribution in [3.05, 3.63) is 22.8 Å². The van der Waals surface area contributed by atoms with Gasteiger partial charge in [-0.05, 0) is 58.7 Å². The SMILES string of the molecule is CCCNCCCc1c(C)nc(COCC)nc1C. The van der Waals surface area contributed by atoms with Gasteiger partial charge in [-0.25, -0.2) is 9.97 Å². The maximum atomic E-state index is 5.36. The van der Waals surface area contributed by atoms with Gasteiger partial charge < -0.3 is 10.1 Å². The molecule has 1 aromatic rings. The second-order valence-corrected chi connectivity index (χ2v) is 4.78. The average molecular weight is 265 g/mol. The summed E-state index contributed by atoms with van der Waals surface area (Å²) in [5.41, 5.74) is 3.48. The van der Waals surface area contributed by atoms with Crippen molar-refractivity contribution in [2.75, 3.05) is 19.7 Å². The van der Waals surface area contributed by atoms with Crippen molar-refractivity contribution < 1.29 is 4.74 Å². The molecule has 0 aliphatic heterocycles. The van der Waals surface area contributed by atoms with Gasteiger partial charge in [-0.2, -0.15) is 0 Å². The maximum Gasteiger partial charge on any atom is 0.154 e. The van der Waals surface area contributed by atoms with Crippen LogP contribution in [0.1, 0.15) is 49.5 Å². The van der Waals surface area contributed by atoms with E-state index in [2.05, 4.69) is 36.1 Å². The van der Waals surface area contributed by atoms with E-state index in [-0.39, 0.29) is 0 Å². The molecule has 0 radical (unpaired) electrons. The molecule has 19 heavy (non-hydrogen) atoms. The van der Waals surface area contributed by atoms with Crippen LogP contribution in [0.25, 0.3) is 0 Å². The molecule has 0 aliphatic rings. The van der Waals surface area contributed by atoms with E-state index in [4.69, 9.17) is 4.74 Å². The number of nitrogens with one attached hydrogen (secondary N) is 1. The molecule has 1 rings (SSSR count). The second-order valence-electron chi connectivity index (χ2n) is 4.78. The molecule has 0 spiro atoms. The van der Waals surface area contributed by atoms with Gasteiger partial charge in [0.05, 0.1) is 0 Å². The molecular formula is C15H27N3O. The molecule has 1 aromatic heterocycles. The standard InChI is InChI=1S/C15H27N3O/c1-5-9-16-10-7-8-14-12(3)17-15(11-19-6-2)18-13(14)4/h16H,5-11H2,1-4H3. The van der Waals surface area contributed by atoms with Crippen LogP contribution in [0.4, 0.5) is 0 Å². The molecule has 0 atom stereocenters. The summed E-state index contributed by atoms with van der Waals surface area (Å²) in [7, 11) is 0. The first-order valence-electron chi connectivity index (χ1n) is 7.30. The van der Waals surface area contributed by atoms with E-state index < -0.39 is 0 Å². The predicted octanol–water partition coefficient (Wildman–Crippen LogP) is 2.56. The largest absolute Gasteiger partial charge is 0.374 e. The highest BCUT2D eigenvalue weighted by atomic mass is 16.5. The minimum absolute atomic E-state index is 0.510. The minimum atomic E-state index is 0.510. The Hall–Kier alpha value is -1.00. The van der Waals surface area contributed by atoms with Crippen LogP contribution in [0.15, 0.2) is 0 Å². The number of hydrogen-bond donors (Lipinski definition) is 1. The van der Waals surface area contributed by atoms with Crippen molar-refractivity contribution in [2.45, 2.75) is 53.6 Å². The zero-order valence-corrected chi connectivity index (χ0v) is 12.8. The van der Waals surface area contributed by atoms with E-state index in [0.29, 0.717) is 13.2 Å². The molecule has 0 saturated heterocycles. The predicted molar refractivity (Wildman–Crippen MR) is 78.3 cm³/mol. The Morgan fingerprint density at radius 1 is 1.05 bits per heavy atom. The Morgan fingerprint density at radius 2 is 1.74 bits per heavy atom. The van der Waals surface area contributed by atoms with Gasteiger partial charge in [0, 0.05) is 18.0 Å². The number of nitrogens with zero attached hydrogens (tertiary/aromatic N) is 2. The van der Waals surface area contributed by atoms with E-state index in [1.165, 1.54) is 12.0 Å². The number of hydrogen-bond acceptors (Lipinski definition) is 4. The molecule has 0 aromatic carbocycles. The fourth-order valence-electron chi connectivity index (χ4n) is 2.12. The first-order chi connectivity index (χ1) is 9.19. The van der Waals surface area contributed by atoms with Crippen molar-refractivity contribution in [2.24, 2.45) is 0 Å². The van der Waals surface area contributed by atoms with Crippen molar-refractivity contribution in [1.29, 1.82) is 0 Å². The zero-order valence-electron chi connectivity index (χ0n) is 12.8. The molecule has 4 nitrogen and oxygen atoms in total. The van der Waals surface area contributed by atoms with Crippen LogP contribution in [0.2, 0.25) is 0 Å². The molecule has 1 heterocycles. The molecule has 0 unspecified atom stereocenters. The van der Waals surface area contributed by atoms with Crippen LogP contribution < -0.4 is 5.32 Å². The quantitative estimate of drug-likeness (QED) is 0.697. The van der Waals surface area contributed by atoms with Crippen LogP contribution in [0.3, 0.4) is 0 Å². The molecule has 108 valence electrons. The summed E-state index contributed by atoms with van der Waals surface area (Å²) in [6.45, 7) is 11.7. The average Bonchev–Trinajstić information content (AvgIpc) is 2.38. The highest BCUT2D eigenvalue weighted by Crippen LogP contribution is 2.13. The summed E-state index contributed by atoms with van der Waals surface area (Å²) in [6, 6.07) is 0. The van der Waals surface area contributed by atoms with E-state index >= 15 is 0 Å². The topological polar surface area (TPSA) is 47.0 Å². The summed E-state index contributed by atoms with van der Waals surface area (Å²) in [6.07, 6.45) is 3.37. The van der Waals surface area contributed by atoms with Gasteiger partial charge in [0.2, 0.25) is 0 Å². The van der Waals surface area contributed by atoms with Crippen molar-refractivity contribution in [3.63, 3.8) is 0 Å². The van der Waals surface area contributed by atoms with Gasteiger partial charge in [0.15, 0.2) is 5.82 Å². The van der Waals surface area contributed by atoms with Crippen molar-refractivity contribution >= 4 is 0 Å². The van der Waals surface area contributed by atoms with Gasteiger partial charge in [-0.3, -0.25) is 0 Å². The molecule has 0 amide bonds. The summed E-state index contributed by atoms with van der Waals surface area (Å²) >= 11 is 0. The van der Waals surface area contributed by atoms with Gasteiger partial charge in [0.25, 0.3) is 0 Å². The van der Waals surface area contributed by atoms with Gasteiger partial charge >= 0.3 is 0 Å². The first kappa shape index (κ1) is 16.1. The van der Waals surface area contributed by atoms with Crippen molar-refractivity contribution in [3.8, 4) is 0 Å². The molecule has 4 heteroatoms. The fraction of sp³-hybridized carbons (Fsp3) is 0.733. The van der Waals surface area contributed by atoms with Gasteiger partial charge in [-0.1, -0.05) is 6.92 Å². The molecule has 0 saturated carbocycles. The number of ether oxygens (including phenoxy) is 1. The van der Waals surface area contributed by atoms with Crippen LogP contribution in [0.5, 0.6) is 0 Å². The van der Waals surface area contributed by atoms with Crippen LogP contribution in [0, 0.1) is 13.8 Å². The summed E-state index contributed by atoms with van der Waals surface area (Å²) in [5.74, 6) is 0.796. The van der Waals surface area contributed by atoms with Gasteiger partial charge in [-0.15, -0.1) is 0 Å². The van der Waals surface area contributed by atoms with Crippen LogP contribution in [-0.2, 0) is 17.8 Å². The normalized spacial score (nSPS) is 10.9. The van der Waals surface area contributed by atoms with Crippen molar-refractivity contribution in [1.82, 2.24) is 15.3 Å². The Kier molecular flexibility index (Phi) is 7.60. The Labute approximate surface area is 117 Å². The summed E-state index contributed by atoms with van der Waals surface area (Å²) in [4.78, 5) is 9.06. The zero-order chi connectivity index (χ0) is 14.1. The third kappa shape index (κ3) is 5.66. The lowest BCUT2D eigenvalue weighted by Crippen LogP contribution is -2.17. The molecule has 1 N–H and O–H groups in total. The van der Waals surface area contributed by atoms with E-state index in [9.17, 15) is 0 Å². The smallest absolute Gasteiger partial charge is 0.154 e. The second kappa shape index (κ2) is 8.99. The highest BCUT2D eigenvalue weighted by molar-refractivity contribution is 5.24. The van der Waals surface area contributed by atoms with E-state index in [1.54, 1.807) is 0 Å². The lowest BCUT2D eigenvalue weighted by atomic mass is 10.1. The van der Waals surface area contributed by atoms with Crippen LogP contribution >= 0.6 is 0 Å². The summed E-state index contributed by atoms with van der Waals surface area (Å²) in [5, 5.41) is 3.42. The Balaban J connectivity index is 2.53.